The Morgan fingerprint density at radius 2 is 2.11 bits per heavy atom. The van der Waals surface area contributed by atoms with E-state index in [-0.39, 0.29) is 16.2 Å². The Hall–Kier alpha value is -2.43. The molecular formula is C20H10Cl2N2O2S2. The predicted octanol–water partition coefficient (Wildman–Crippen LogP) is 6.66. The molecule has 0 unspecified atom stereocenters. The lowest BCUT2D eigenvalue weighted by molar-refractivity contribution is 0.563. The SMILES string of the molecule is Cc1ccsc1/C=C(\C#N)c1nc(-c2cc3cc(Cl)cc(Cl)c3oc2=O)cs1. The summed E-state index contributed by atoms with van der Waals surface area (Å²) in [5.74, 6) is 0. The fourth-order valence-electron chi connectivity index (χ4n) is 2.66. The quantitative estimate of drug-likeness (QED) is 0.261. The van der Waals surface area contributed by atoms with Gasteiger partial charge in [0, 0.05) is 20.7 Å². The van der Waals surface area contributed by atoms with Crippen LogP contribution in [0.4, 0.5) is 0 Å². The minimum absolute atomic E-state index is 0.270. The molecule has 0 aliphatic carbocycles. The fourth-order valence-corrected chi connectivity index (χ4v) is 4.85. The van der Waals surface area contributed by atoms with E-state index in [2.05, 4.69) is 11.1 Å². The second kappa shape index (κ2) is 7.53. The monoisotopic (exact) mass is 444 g/mol. The number of fused-ring (bicyclic) bond motifs is 1. The van der Waals surface area contributed by atoms with Gasteiger partial charge in [-0.25, -0.2) is 9.78 Å². The standard InChI is InChI=1S/C20H10Cl2N2O2S2/c1-10-2-3-27-17(10)6-12(8-23)19-24-16(9-28-19)14-5-11-4-13(21)7-15(22)18(11)26-20(14)25/h2-7,9H,1H3/b12-6+. The lowest BCUT2D eigenvalue weighted by atomic mass is 10.1. The Kier molecular flexibility index (Phi) is 5.09. The lowest BCUT2D eigenvalue weighted by Crippen LogP contribution is -2.03. The summed E-state index contributed by atoms with van der Waals surface area (Å²) in [6, 6.07) is 9.02. The molecule has 0 fully saturated rings. The molecule has 0 bridgehead atoms. The smallest absolute Gasteiger partial charge is 0.345 e. The van der Waals surface area contributed by atoms with Crippen LogP contribution < -0.4 is 5.63 Å². The van der Waals surface area contributed by atoms with Crippen LogP contribution >= 0.6 is 45.9 Å². The molecule has 0 spiro atoms. The van der Waals surface area contributed by atoms with E-state index in [1.54, 1.807) is 28.8 Å². The van der Waals surface area contributed by atoms with E-state index in [0.29, 0.717) is 26.7 Å². The zero-order chi connectivity index (χ0) is 19.8. The number of rotatable bonds is 3. The van der Waals surface area contributed by atoms with E-state index in [4.69, 9.17) is 27.6 Å². The van der Waals surface area contributed by atoms with Gasteiger partial charge < -0.3 is 4.42 Å². The minimum atomic E-state index is -0.551. The third-order valence-corrected chi connectivity index (χ3v) is 6.40. The molecule has 28 heavy (non-hydrogen) atoms. The molecule has 0 radical (unpaired) electrons. The molecule has 4 aromatic rings. The highest BCUT2D eigenvalue weighted by Crippen LogP contribution is 2.31. The molecule has 3 heterocycles. The summed E-state index contributed by atoms with van der Waals surface area (Å²) < 4.78 is 5.37. The van der Waals surface area contributed by atoms with E-state index in [0.717, 1.165) is 10.4 Å². The Morgan fingerprint density at radius 3 is 2.82 bits per heavy atom. The van der Waals surface area contributed by atoms with E-state index in [9.17, 15) is 10.1 Å². The molecule has 4 nitrogen and oxygen atoms in total. The van der Waals surface area contributed by atoms with Crippen LogP contribution in [0.5, 0.6) is 0 Å². The summed E-state index contributed by atoms with van der Waals surface area (Å²) in [4.78, 5) is 17.9. The van der Waals surface area contributed by atoms with Gasteiger partial charge >= 0.3 is 5.63 Å². The predicted molar refractivity (Wildman–Crippen MR) is 116 cm³/mol. The molecule has 3 aromatic heterocycles. The number of nitrogens with zero attached hydrogens (tertiary/aromatic N) is 2. The Morgan fingerprint density at radius 1 is 1.29 bits per heavy atom. The van der Waals surface area contributed by atoms with Gasteiger partial charge in [0.15, 0.2) is 5.58 Å². The molecule has 0 aliphatic heterocycles. The summed E-state index contributed by atoms with van der Waals surface area (Å²) in [7, 11) is 0. The normalized spacial score (nSPS) is 11.7. The first-order valence-electron chi connectivity index (χ1n) is 8.01. The summed E-state index contributed by atoms with van der Waals surface area (Å²) in [6.45, 7) is 1.99. The third-order valence-electron chi connectivity index (χ3n) is 4.06. The largest absolute Gasteiger partial charge is 0.421 e. The first kappa shape index (κ1) is 18.9. The van der Waals surface area contributed by atoms with Gasteiger partial charge in [-0.15, -0.1) is 22.7 Å². The van der Waals surface area contributed by atoms with Crippen molar-refractivity contribution in [3.05, 3.63) is 70.9 Å². The van der Waals surface area contributed by atoms with Crippen LogP contribution in [0.15, 0.2) is 44.2 Å². The van der Waals surface area contributed by atoms with Crippen molar-refractivity contribution in [2.75, 3.05) is 0 Å². The molecule has 0 saturated carbocycles. The third kappa shape index (κ3) is 3.50. The number of aromatic nitrogens is 1. The van der Waals surface area contributed by atoms with Gasteiger partial charge in [0.05, 0.1) is 21.9 Å². The number of aryl methyl sites for hydroxylation is 1. The van der Waals surface area contributed by atoms with Crippen molar-refractivity contribution < 1.29 is 4.42 Å². The zero-order valence-corrected chi connectivity index (χ0v) is 17.5. The summed E-state index contributed by atoms with van der Waals surface area (Å²) in [5.41, 5.74) is 2.00. The highest BCUT2D eigenvalue weighted by Gasteiger charge is 2.15. The fraction of sp³-hybridized carbons (Fsp3) is 0.0500. The van der Waals surface area contributed by atoms with Crippen molar-refractivity contribution in [1.29, 1.82) is 5.26 Å². The number of thiazole rings is 1. The lowest BCUT2D eigenvalue weighted by Gasteiger charge is -2.02. The maximum absolute atomic E-state index is 12.4. The van der Waals surface area contributed by atoms with Gasteiger partial charge in [0.2, 0.25) is 0 Å². The van der Waals surface area contributed by atoms with Crippen LogP contribution in [0.3, 0.4) is 0 Å². The van der Waals surface area contributed by atoms with Crippen molar-refractivity contribution in [2.24, 2.45) is 0 Å². The molecule has 0 saturated heterocycles. The molecule has 8 heteroatoms. The number of hydrogen-bond acceptors (Lipinski definition) is 6. The van der Waals surface area contributed by atoms with Gasteiger partial charge in [0.1, 0.15) is 11.1 Å². The number of nitriles is 1. The topological polar surface area (TPSA) is 66.9 Å². The van der Waals surface area contributed by atoms with Crippen LogP contribution in [-0.4, -0.2) is 4.98 Å². The second-order valence-electron chi connectivity index (χ2n) is 5.93. The molecule has 1 aromatic carbocycles. The number of halogens is 2. The van der Waals surface area contributed by atoms with Crippen molar-refractivity contribution in [3.8, 4) is 17.3 Å². The molecule has 138 valence electrons. The van der Waals surface area contributed by atoms with Crippen LogP contribution in [0.1, 0.15) is 15.4 Å². The highest BCUT2D eigenvalue weighted by molar-refractivity contribution is 7.12. The summed E-state index contributed by atoms with van der Waals surface area (Å²) >= 11 is 15.0. The van der Waals surface area contributed by atoms with Gasteiger partial charge in [-0.05, 0) is 48.2 Å². The maximum Gasteiger partial charge on any atom is 0.345 e. The van der Waals surface area contributed by atoms with E-state index in [1.807, 2.05) is 24.4 Å². The highest BCUT2D eigenvalue weighted by atomic mass is 35.5. The average Bonchev–Trinajstić information content (AvgIpc) is 3.29. The van der Waals surface area contributed by atoms with Crippen LogP contribution in [0, 0.1) is 18.3 Å². The maximum atomic E-state index is 12.4. The van der Waals surface area contributed by atoms with E-state index >= 15 is 0 Å². The Labute approximate surface area is 177 Å². The number of benzene rings is 1. The van der Waals surface area contributed by atoms with Gasteiger partial charge in [-0.3, -0.25) is 0 Å². The molecule has 0 amide bonds. The Bertz CT molecular complexity index is 1340. The number of thiophene rings is 1. The van der Waals surface area contributed by atoms with E-state index in [1.165, 1.54) is 17.4 Å². The number of allylic oxidation sites excluding steroid dienone is 1. The first-order chi connectivity index (χ1) is 13.5. The average molecular weight is 445 g/mol. The molecule has 0 N–H and O–H groups in total. The number of hydrogen-bond donors (Lipinski definition) is 0. The van der Waals surface area contributed by atoms with Crippen molar-refractivity contribution in [3.63, 3.8) is 0 Å². The van der Waals surface area contributed by atoms with Crippen molar-refractivity contribution in [2.45, 2.75) is 6.92 Å². The summed E-state index contributed by atoms with van der Waals surface area (Å²) in [6.07, 6.45) is 1.81. The Balaban J connectivity index is 1.80. The van der Waals surface area contributed by atoms with Crippen LogP contribution in [0.2, 0.25) is 10.0 Å². The zero-order valence-electron chi connectivity index (χ0n) is 14.3. The van der Waals surface area contributed by atoms with Crippen LogP contribution in [-0.2, 0) is 0 Å². The van der Waals surface area contributed by atoms with E-state index < -0.39 is 5.63 Å². The molecule has 0 atom stereocenters. The van der Waals surface area contributed by atoms with Crippen LogP contribution in [0.25, 0.3) is 33.9 Å². The van der Waals surface area contributed by atoms with Gasteiger partial charge in [0.25, 0.3) is 0 Å². The van der Waals surface area contributed by atoms with Crippen molar-refractivity contribution >= 4 is 68.5 Å². The first-order valence-corrected chi connectivity index (χ1v) is 10.5. The molecular weight excluding hydrogens is 435 g/mol. The van der Waals surface area contributed by atoms with Gasteiger partial charge in [-0.1, -0.05) is 23.2 Å². The molecule has 4 rings (SSSR count). The van der Waals surface area contributed by atoms with Gasteiger partial charge in [-0.2, -0.15) is 5.26 Å². The van der Waals surface area contributed by atoms with Crippen molar-refractivity contribution in [1.82, 2.24) is 4.98 Å². The second-order valence-corrected chi connectivity index (χ2v) is 8.58. The minimum Gasteiger partial charge on any atom is -0.421 e. The molecule has 0 aliphatic rings. The summed E-state index contributed by atoms with van der Waals surface area (Å²) in [5, 5.41) is 15.1.